The normalized spacial score (nSPS) is 27.5. The number of nitrogens with two attached hydrogens (primary N) is 1. The monoisotopic (exact) mass is 287 g/mol. The Kier molecular flexibility index (Phi) is 3.79. The number of nitrogens with zero attached hydrogens (tertiary/aromatic N) is 2. The zero-order valence-electron chi connectivity index (χ0n) is 12.8. The van der Waals surface area contributed by atoms with E-state index in [0.29, 0.717) is 24.3 Å². The third-order valence-corrected chi connectivity index (χ3v) is 4.99. The van der Waals surface area contributed by atoms with Crippen molar-refractivity contribution in [1.82, 2.24) is 4.90 Å². The molecule has 3 N–H and O–H groups in total. The van der Waals surface area contributed by atoms with E-state index in [1.54, 1.807) is 6.07 Å². The summed E-state index contributed by atoms with van der Waals surface area (Å²) in [6, 6.07) is 7.98. The largest absolute Gasteiger partial charge is 0.508 e. The first-order chi connectivity index (χ1) is 10.1. The first-order valence-corrected chi connectivity index (χ1v) is 8.00. The van der Waals surface area contributed by atoms with Gasteiger partial charge in [-0.2, -0.15) is 0 Å². The molecule has 1 aromatic carbocycles. The summed E-state index contributed by atoms with van der Waals surface area (Å²) in [6.07, 6.45) is 7.55. The average molecular weight is 287 g/mol. The number of rotatable bonds is 2. The minimum absolute atomic E-state index is 0.238. The fourth-order valence-corrected chi connectivity index (χ4v) is 3.82. The van der Waals surface area contributed by atoms with E-state index in [4.69, 9.17) is 5.73 Å². The van der Waals surface area contributed by atoms with Gasteiger partial charge in [0.2, 0.25) is 0 Å². The van der Waals surface area contributed by atoms with Crippen molar-refractivity contribution in [2.75, 3.05) is 6.54 Å². The maximum absolute atomic E-state index is 9.81. The highest BCUT2D eigenvalue weighted by Crippen LogP contribution is 2.38. The lowest BCUT2D eigenvalue weighted by Gasteiger charge is -2.42. The van der Waals surface area contributed by atoms with Gasteiger partial charge >= 0.3 is 0 Å². The van der Waals surface area contributed by atoms with Gasteiger partial charge in [0, 0.05) is 6.04 Å². The molecule has 1 saturated carbocycles. The Labute approximate surface area is 126 Å². The van der Waals surface area contributed by atoms with E-state index in [2.05, 4.69) is 22.9 Å². The quantitative estimate of drug-likeness (QED) is 0.822. The predicted octanol–water partition coefficient (Wildman–Crippen LogP) is 2.96. The Morgan fingerprint density at radius 1 is 1.24 bits per heavy atom. The van der Waals surface area contributed by atoms with Crippen LogP contribution in [-0.4, -0.2) is 28.6 Å². The van der Waals surface area contributed by atoms with Crippen LogP contribution in [0.15, 0.2) is 29.3 Å². The van der Waals surface area contributed by atoms with Crippen LogP contribution in [0.2, 0.25) is 0 Å². The van der Waals surface area contributed by atoms with Crippen molar-refractivity contribution in [2.24, 2.45) is 10.7 Å². The van der Waals surface area contributed by atoms with Gasteiger partial charge < -0.3 is 15.7 Å². The van der Waals surface area contributed by atoms with Crippen LogP contribution < -0.4 is 5.73 Å². The van der Waals surface area contributed by atoms with Crippen LogP contribution in [0.1, 0.15) is 51.0 Å². The third kappa shape index (κ3) is 2.59. The van der Waals surface area contributed by atoms with E-state index in [9.17, 15) is 5.11 Å². The van der Waals surface area contributed by atoms with E-state index >= 15 is 0 Å². The molecule has 0 radical (unpaired) electrons. The number of guanidine groups is 1. The molecule has 114 valence electrons. The van der Waals surface area contributed by atoms with Crippen molar-refractivity contribution in [2.45, 2.75) is 57.0 Å². The van der Waals surface area contributed by atoms with E-state index in [1.807, 2.05) is 12.1 Å². The Morgan fingerprint density at radius 3 is 2.62 bits per heavy atom. The van der Waals surface area contributed by atoms with E-state index in [1.165, 1.54) is 38.5 Å². The van der Waals surface area contributed by atoms with Crippen molar-refractivity contribution >= 4 is 5.96 Å². The summed E-state index contributed by atoms with van der Waals surface area (Å²) < 4.78 is 0. The molecule has 0 spiro atoms. The van der Waals surface area contributed by atoms with Crippen LogP contribution in [0.4, 0.5) is 0 Å². The summed E-state index contributed by atoms with van der Waals surface area (Å²) in [5.41, 5.74) is 7.08. The SMILES string of the molecule is CC1(c2cccc(O)c2)CN=C(N)N1C1CCCCCC1. The number of phenolic OH excluding ortho intramolecular Hbond substituents is 1. The Balaban J connectivity index is 1.93. The average Bonchev–Trinajstić information content (AvgIpc) is 2.67. The smallest absolute Gasteiger partial charge is 0.192 e. The van der Waals surface area contributed by atoms with Crippen molar-refractivity contribution in [3.8, 4) is 5.75 Å². The topological polar surface area (TPSA) is 61.9 Å². The van der Waals surface area contributed by atoms with Crippen LogP contribution in [-0.2, 0) is 5.54 Å². The minimum atomic E-state index is -0.238. The lowest BCUT2D eigenvalue weighted by atomic mass is 9.88. The standard InChI is InChI=1S/C17H25N3O/c1-17(13-7-6-10-15(21)11-13)12-19-16(18)20(17)14-8-4-2-3-5-9-14/h6-7,10-11,14,21H,2-5,8-9,12H2,1H3,(H2,18,19). The zero-order valence-corrected chi connectivity index (χ0v) is 12.8. The van der Waals surface area contributed by atoms with Gasteiger partial charge in [0.05, 0.1) is 12.1 Å². The van der Waals surface area contributed by atoms with Crippen molar-refractivity contribution in [1.29, 1.82) is 0 Å². The molecule has 0 saturated heterocycles. The van der Waals surface area contributed by atoms with Crippen molar-refractivity contribution in [3.63, 3.8) is 0 Å². The van der Waals surface area contributed by atoms with Gasteiger partial charge in [-0.05, 0) is 37.5 Å². The first kappa shape index (κ1) is 14.2. The van der Waals surface area contributed by atoms with Crippen LogP contribution in [0.5, 0.6) is 5.75 Å². The molecule has 21 heavy (non-hydrogen) atoms. The van der Waals surface area contributed by atoms with Crippen LogP contribution in [0.25, 0.3) is 0 Å². The second-order valence-corrected chi connectivity index (χ2v) is 6.51. The fraction of sp³-hybridized carbons (Fsp3) is 0.588. The van der Waals surface area contributed by atoms with Crippen molar-refractivity contribution < 1.29 is 5.11 Å². The summed E-state index contributed by atoms with van der Waals surface area (Å²) in [6.45, 7) is 2.86. The minimum Gasteiger partial charge on any atom is -0.508 e. The fourth-order valence-electron chi connectivity index (χ4n) is 3.82. The van der Waals surface area contributed by atoms with Gasteiger partial charge in [-0.25, -0.2) is 0 Å². The van der Waals surface area contributed by atoms with Gasteiger partial charge in [-0.3, -0.25) is 4.99 Å². The van der Waals surface area contributed by atoms with E-state index in [-0.39, 0.29) is 5.54 Å². The summed E-state index contributed by atoms with van der Waals surface area (Å²) in [4.78, 5) is 6.83. The summed E-state index contributed by atoms with van der Waals surface area (Å²) in [5, 5.41) is 9.81. The van der Waals surface area contributed by atoms with E-state index < -0.39 is 0 Å². The second-order valence-electron chi connectivity index (χ2n) is 6.51. The highest BCUT2D eigenvalue weighted by Gasteiger charge is 2.43. The molecule has 1 fully saturated rings. The maximum Gasteiger partial charge on any atom is 0.192 e. The summed E-state index contributed by atoms with van der Waals surface area (Å²) in [5.74, 6) is 0.966. The highest BCUT2D eigenvalue weighted by molar-refractivity contribution is 5.81. The van der Waals surface area contributed by atoms with Crippen molar-refractivity contribution in [3.05, 3.63) is 29.8 Å². The molecule has 3 rings (SSSR count). The Hall–Kier alpha value is -1.71. The second kappa shape index (κ2) is 5.58. The number of hydrogen-bond acceptors (Lipinski definition) is 4. The maximum atomic E-state index is 9.81. The molecule has 0 bridgehead atoms. The first-order valence-electron chi connectivity index (χ1n) is 8.00. The molecule has 1 atom stereocenters. The van der Waals surface area contributed by atoms with Gasteiger partial charge in [0.1, 0.15) is 5.75 Å². The van der Waals surface area contributed by atoms with E-state index in [0.717, 1.165) is 5.56 Å². The molecule has 0 aromatic heterocycles. The van der Waals surface area contributed by atoms with Gasteiger partial charge in [-0.15, -0.1) is 0 Å². The number of benzene rings is 1. The zero-order chi connectivity index (χ0) is 14.9. The lowest BCUT2D eigenvalue weighted by molar-refractivity contribution is 0.151. The molecule has 1 aliphatic carbocycles. The van der Waals surface area contributed by atoms with Crippen LogP contribution in [0.3, 0.4) is 0 Å². The van der Waals surface area contributed by atoms with Gasteiger partial charge in [0.15, 0.2) is 5.96 Å². The molecular weight excluding hydrogens is 262 g/mol. The van der Waals surface area contributed by atoms with Gasteiger partial charge in [-0.1, -0.05) is 37.8 Å². The molecule has 4 nitrogen and oxygen atoms in total. The molecule has 1 aromatic rings. The number of phenols is 1. The molecule has 2 aliphatic rings. The molecule has 1 aliphatic heterocycles. The third-order valence-electron chi connectivity index (χ3n) is 4.99. The van der Waals surface area contributed by atoms with Gasteiger partial charge in [0.25, 0.3) is 0 Å². The molecule has 1 heterocycles. The molecule has 0 amide bonds. The number of aromatic hydroxyl groups is 1. The Morgan fingerprint density at radius 2 is 1.95 bits per heavy atom. The van der Waals surface area contributed by atoms with Crippen LogP contribution in [0, 0.1) is 0 Å². The molecular formula is C17H25N3O. The molecule has 1 unspecified atom stereocenters. The summed E-state index contributed by atoms with van der Waals surface area (Å²) in [7, 11) is 0. The number of aliphatic imine (C=N–C) groups is 1. The number of hydrogen-bond donors (Lipinski definition) is 2. The summed E-state index contributed by atoms with van der Waals surface area (Å²) >= 11 is 0. The lowest BCUT2D eigenvalue weighted by Crippen LogP contribution is -2.52. The highest BCUT2D eigenvalue weighted by atomic mass is 16.3. The Bertz CT molecular complexity index is 535. The van der Waals surface area contributed by atoms with Crippen LogP contribution >= 0.6 is 0 Å². The molecule has 4 heteroatoms. The predicted molar refractivity (Wildman–Crippen MR) is 85.3 cm³/mol.